The maximum Gasteiger partial charge on any atom is 0.192 e. The Labute approximate surface area is 65.5 Å². The van der Waals surface area contributed by atoms with Gasteiger partial charge in [-0.2, -0.15) is 9.47 Å². The van der Waals surface area contributed by atoms with Crippen LogP contribution in [0.4, 0.5) is 0 Å². The normalized spacial score (nSPS) is 12.0. The summed E-state index contributed by atoms with van der Waals surface area (Å²) >= 11 is 0. The van der Waals surface area contributed by atoms with E-state index in [0.717, 1.165) is 0 Å². The van der Waals surface area contributed by atoms with Gasteiger partial charge in [-0.15, -0.1) is 0 Å². The standard InChI is InChI=1S/C7H7NO2S/c8-6-11(9,10)7-4-2-1-3-5-7/h1-5,11H,(H,9,10). The maximum atomic E-state index is 11.0. The van der Waals surface area contributed by atoms with Crippen LogP contribution in [0.5, 0.6) is 0 Å². The Balaban J connectivity index is 3.16. The molecule has 0 unspecified atom stereocenters. The van der Waals surface area contributed by atoms with Crippen molar-refractivity contribution in [2.75, 3.05) is 0 Å². The van der Waals surface area contributed by atoms with Crippen LogP contribution < -0.4 is 0 Å². The van der Waals surface area contributed by atoms with Crippen LogP contribution in [-0.4, -0.2) is 8.76 Å². The first-order chi connectivity index (χ1) is 5.17. The van der Waals surface area contributed by atoms with Crippen molar-refractivity contribution in [2.45, 2.75) is 4.90 Å². The average molecular weight is 169 g/mol. The fraction of sp³-hybridized carbons (Fsp3) is 0. The van der Waals surface area contributed by atoms with Crippen molar-refractivity contribution in [1.82, 2.24) is 0 Å². The van der Waals surface area contributed by atoms with Gasteiger partial charge < -0.3 is 0 Å². The summed E-state index contributed by atoms with van der Waals surface area (Å²) < 4.78 is 20.0. The van der Waals surface area contributed by atoms with E-state index in [-0.39, 0.29) is 4.90 Å². The fourth-order valence-corrected chi connectivity index (χ4v) is 1.38. The molecule has 1 rings (SSSR count). The summed E-state index contributed by atoms with van der Waals surface area (Å²) in [5, 5.41) is 9.65. The van der Waals surface area contributed by atoms with Crippen molar-refractivity contribution < 1.29 is 8.76 Å². The smallest absolute Gasteiger partial charge is 0.192 e. The first kappa shape index (κ1) is 7.92. The number of benzene rings is 1. The maximum absolute atomic E-state index is 11.0. The number of thiocyanates is 1. The van der Waals surface area contributed by atoms with Crippen LogP contribution in [0.2, 0.25) is 0 Å². The third kappa shape index (κ3) is 1.64. The van der Waals surface area contributed by atoms with E-state index in [9.17, 15) is 4.21 Å². The molecule has 0 bridgehead atoms. The molecule has 0 heterocycles. The molecule has 0 atom stereocenters. The number of nitrogens with zero attached hydrogens (tertiary/aromatic N) is 1. The molecule has 0 saturated carbocycles. The van der Waals surface area contributed by atoms with Crippen LogP contribution in [0.1, 0.15) is 0 Å². The highest BCUT2D eigenvalue weighted by molar-refractivity contribution is 8.02. The second-order valence-electron chi connectivity index (χ2n) is 2.01. The first-order valence-corrected chi connectivity index (χ1v) is 4.62. The van der Waals surface area contributed by atoms with Crippen molar-refractivity contribution in [3.05, 3.63) is 30.3 Å². The predicted molar refractivity (Wildman–Crippen MR) is 42.5 cm³/mol. The van der Waals surface area contributed by atoms with E-state index >= 15 is 0 Å². The Morgan fingerprint density at radius 3 is 2.36 bits per heavy atom. The lowest BCUT2D eigenvalue weighted by molar-refractivity contribution is 0.552. The summed E-state index contributed by atoms with van der Waals surface area (Å²) in [7, 11) is -3.72. The number of rotatable bonds is 1. The molecule has 0 aromatic heterocycles. The zero-order valence-corrected chi connectivity index (χ0v) is 6.53. The van der Waals surface area contributed by atoms with E-state index in [1.807, 2.05) is 0 Å². The van der Waals surface area contributed by atoms with E-state index in [2.05, 4.69) is 0 Å². The molecule has 1 aromatic rings. The highest BCUT2D eigenvalue weighted by Gasteiger charge is 2.04. The number of hydrogen-bond donors (Lipinski definition) is 2. The van der Waals surface area contributed by atoms with Crippen LogP contribution in [0.15, 0.2) is 35.2 Å². The number of nitriles is 1. The second-order valence-corrected chi connectivity index (χ2v) is 3.88. The predicted octanol–water partition coefficient (Wildman–Crippen LogP) is 1.02. The summed E-state index contributed by atoms with van der Waals surface area (Å²) in [6, 6.07) is 7.89. The molecule has 0 saturated heterocycles. The summed E-state index contributed by atoms with van der Waals surface area (Å²) in [5.41, 5.74) is 0. The Bertz CT molecular complexity index is 328. The Kier molecular flexibility index (Phi) is 2.03. The van der Waals surface area contributed by atoms with Gasteiger partial charge in [0.15, 0.2) is 5.40 Å². The largest absolute Gasteiger partial charge is 0.289 e. The third-order valence-corrected chi connectivity index (χ3v) is 2.51. The highest BCUT2D eigenvalue weighted by atomic mass is 32.3. The van der Waals surface area contributed by atoms with Crippen LogP contribution in [-0.2, 0) is 10.2 Å². The topological polar surface area (TPSA) is 61.1 Å². The summed E-state index contributed by atoms with van der Waals surface area (Å²) in [4.78, 5) is 0.183. The van der Waals surface area contributed by atoms with Gasteiger partial charge in [0.2, 0.25) is 0 Å². The molecule has 0 aliphatic heterocycles. The van der Waals surface area contributed by atoms with Gasteiger partial charge in [-0.1, -0.05) is 28.4 Å². The van der Waals surface area contributed by atoms with Gasteiger partial charge in [-0.25, -0.2) is 0 Å². The lowest BCUT2D eigenvalue weighted by atomic mass is 10.4. The summed E-state index contributed by atoms with van der Waals surface area (Å²) in [5.74, 6) is 0. The lowest BCUT2D eigenvalue weighted by Crippen LogP contribution is -2.05. The van der Waals surface area contributed by atoms with Crippen LogP contribution >= 0.6 is 0 Å². The molecule has 3 nitrogen and oxygen atoms in total. The molecule has 58 valence electrons. The molecule has 0 fully saturated rings. The van der Waals surface area contributed by atoms with Gasteiger partial charge in [-0.05, 0) is 12.1 Å². The molecule has 0 aliphatic rings. The molecule has 1 N–H and O–H groups in total. The van der Waals surface area contributed by atoms with Gasteiger partial charge in [0.25, 0.3) is 0 Å². The minimum atomic E-state index is -3.72. The molecule has 0 spiro atoms. The zero-order valence-electron chi connectivity index (χ0n) is 5.64. The first-order valence-electron chi connectivity index (χ1n) is 2.96. The number of hydrogen-bond acceptors (Lipinski definition) is 2. The molecule has 4 heteroatoms. The van der Waals surface area contributed by atoms with E-state index in [0.29, 0.717) is 0 Å². The van der Waals surface area contributed by atoms with Crippen LogP contribution in [0.25, 0.3) is 0 Å². The second kappa shape index (κ2) is 2.82. The number of thiol groups is 1. The van der Waals surface area contributed by atoms with Gasteiger partial charge in [0.05, 0.1) is 4.90 Å². The molecule has 11 heavy (non-hydrogen) atoms. The van der Waals surface area contributed by atoms with Gasteiger partial charge >= 0.3 is 0 Å². The average Bonchev–Trinajstić information content (AvgIpc) is 2.06. The van der Waals surface area contributed by atoms with Crippen molar-refractivity contribution in [2.24, 2.45) is 0 Å². The molecule has 1 aromatic carbocycles. The highest BCUT2D eigenvalue weighted by Crippen LogP contribution is 2.13. The van der Waals surface area contributed by atoms with Gasteiger partial charge in [0, 0.05) is 0 Å². The van der Waals surface area contributed by atoms with E-state index in [4.69, 9.17) is 9.81 Å². The fourth-order valence-electron chi connectivity index (χ4n) is 0.688. The van der Waals surface area contributed by atoms with Gasteiger partial charge in [0.1, 0.15) is 0 Å². The monoisotopic (exact) mass is 169 g/mol. The van der Waals surface area contributed by atoms with Crippen molar-refractivity contribution in [3.63, 3.8) is 0 Å². The summed E-state index contributed by atoms with van der Waals surface area (Å²) in [6.07, 6.45) is 0. The molecule has 0 radical (unpaired) electrons. The van der Waals surface area contributed by atoms with Crippen molar-refractivity contribution in [3.8, 4) is 5.40 Å². The van der Waals surface area contributed by atoms with E-state index < -0.39 is 10.2 Å². The summed E-state index contributed by atoms with van der Waals surface area (Å²) in [6.45, 7) is 0. The Morgan fingerprint density at radius 2 is 1.91 bits per heavy atom. The molecule has 0 amide bonds. The Hall–Kier alpha value is -1.18. The minimum Gasteiger partial charge on any atom is -0.289 e. The van der Waals surface area contributed by atoms with Crippen molar-refractivity contribution >= 4 is 10.2 Å². The molecular formula is C7H7NO2S. The molecule has 0 aliphatic carbocycles. The zero-order chi connectivity index (χ0) is 8.32. The van der Waals surface area contributed by atoms with Crippen LogP contribution in [0.3, 0.4) is 0 Å². The lowest BCUT2D eigenvalue weighted by Gasteiger charge is -2.11. The van der Waals surface area contributed by atoms with Crippen LogP contribution in [0, 0.1) is 10.7 Å². The Morgan fingerprint density at radius 1 is 1.36 bits per heavy atom. The third-order valence-electron chi connectivity index (χ3n) is 1.24. The van der Waals surface area contributed by atoms with E-state index in [1.54, 1.807) is 18.2 Å². The minimum absolute atomic E-state index is 0.183. The quantitative estimate of drug-likeness (QED) is 0.487. The van der Waals surface area contributed by atoms with E-state index in [1.165, 1.54) is 17.5 Å². The molecular weight excluding hydrogens is 162 g/mol. The van der Waals surface area contributed by atoms with Crippen molar-refractivity contribution in [1.29, 1.82) is 5.26 Å². The SMILES string of the molecule is N#C[SH](=O)(O)c1ccccc1. The van der Waals surface area contributed by atoms with Gasteiger partial charge in [-0.3, -0.25) is 4.55 Å².